The summed E-state index contributed by atoms with van der Waals surface area (Å²) in [6.07, 6.45) is 0.482. The van der Waals surface area contributed by atoms with Crippen molar-refractivity contribution in [2.45, 2.75) is 11.3 Å². The highest BCUT2D eigenvalue weighted by molar-refractivity contribution is 7.97. The number of pyridine rings is 1. The lowest BCUT2D eigenvalue weighted by Crippen LogP contribution is -2.12. The fraction of sp³-hybridized carbons (Fsp3) is 0.0625. The highest BCUT2D eigenvalue weighted by Gasteiger charge is 2.06. The normalized spacial score (nSPS) is 11.0. The first-order valence-electron chi connectivity index (χ1n) is 6.43. The van der Waals surface area contributed by atoms with E-state index in [1.807, 2.05) is 24.3 Å². The Bertz CT molecular complexity index is 860. The van der Waals surface area contributed by atoms with E-state index in [4.69, 9.17) is 5.14 Å². The number of hydrogen-bond acceptors (Lipinski definition) is 3. The fourth-order valence-corrected chi connectivity index (χ4v) is 2.68. The molecule has 0 unspecified atom stereocenters. The molecule has 3 nitrogen and oxygen atoms in total. The van der Waals surface area contributed by atoms with Gasteiger partial charge in [0.25, 0.3) is 5.56 Å². The number of hydrogen-bond donors (Lipinski definition) is 2. The molecule has 0 aliphatic carbocycles. The zero-order valence-corrected chi connectivity index (χ0v) is 11.9. The molecule has 3 aromatic rings. The average molecular weight is 300 g/mol. The number of nitrogens with two attached hydrogens (primary N) is 1. The summed E-state index contributed by atoms with van der Waals surface area (Å²) in [5.41, 5.74) is 2.08. The number of halogens is 1. The third-order valence-corrected chi connectivity index (χ3v) is 3.84. The third kappa shape index (κ3) is 2.99. The molecule has 0 aliphatic heterocycles. The van der Waals surface area contributed by atoms with Crippen LogP contribution in [0.25, 0.3) is 10.9 Å². The zero-order valence-electron chi connectivity index (χ0n) is 11.1. The molecule has 0 radical (unpaired) electrons. The van der Waals surface area contributed by atoms with Crippen LogP contribution < -0.4 is 10.7 Å². The second-order valence-corrected chi connectivity index (χ2v) is 5.50. The number of fused-ring (bicyclic) bond motifs is 1. The van der Waals surface area contributed by atoms with Crippen molar-refractivity contribution in [3.63, 3.8) is 0 Å². The van der Waals surface area contributed by atoms with Crippen LogP contribution in [0.2, 0.25) is 0 Å². The quantitative estimate of drug-likeness (QED) is 0.730. The Morgan fingerprint density at radius 2 is 2.00 bits per heavy atom. The maximum Gasteiger partial charge on any atom is 0.251 e. The highest BCUT2D eigenvalue weighted by Crippen LogP contribution is 2.17. The van der Waals surface area contributed by atoms with Crippen LogP contribution in [0.4, 0.5) is 4.39 Å². The van der Waals surface area contributed by atoms with Crippen LogP contribution in [0.15, 0.2) is 58.2 Å². The molecule has 1 aromatic heterocycles. The maximum absolute atomic E-state index is 13.3. The number of H-pyrrole nitrogens is 1. The smallest absolute Gasteiger partial charge is 0.251 e. The predicted molar refractivity (Wildman–Crippen MR) is 83.8 cm³/mol. The van der Waals surface area contributed by atoms with Gasteiger partial charge in [0.15, 0.2) is 0 Å². The zero-order chi connectivity index (χ0) is 14.8. The van der Waals surface area contributed by atoms with Gasteiger partial charge in [-0.1, -0.05) is 12.1 Å². The van der Waals surface area contributed by atoms with Crippen molar-refractivity contribution in [3.05, 3.63) is 75.8 Å². The first-order chi connectivity index (χ1) is 10.2. The summed E-state index contributed by atoms with van der Waals surface area (Å²) in [4.78, 5) is 15.8. The van der Waals surface area contributed by atoms with Crippen molar-refractivity contribution in [2.75, 3.05) is 0 Å². The van der Waals surface area contributed by atoms with Crippen LogP contribution in [-0.4, -0.2) is 4.98 Å². The van der Waals surface area contributed by atoms with Gasteiger partial charge in [0.2, 0.25) is 0 Å². The number of benzene rings is 2. The summed E-state index contributed by atoms with van der Waals surface area (Å²) in [5.74, 6) is -0.318. The monoisotopic (exact) mass is 300 g/mol. The van der Waals surface area contributed by atoms with E-state index in [0.29, 0.717) is 22.9 Å². The highest BCUT2D eigenvalue weighted by atomic mass is 32.2. The van der Waals surface area contributed by atoms with Crippen molar-refractivity contribution in [1.82, 2.24) is 4.98 Å². The summed E-state index contributed by atoms with van der Waals surface area (Å²) < 4.78 is 13.3. The van der Waals surface area contributed by atoms with Crippen LogP contribution >= 0.6 is 11.9 Å². The van der Waals surface area contributed by atoms with E-state index in [1.165, 1.54) is 24.1 Å². The lowest BCUT2D eigenvalue weighted by Gasteiger charge is -2.05. The van der Waals surface area contributed by atoms with Gasteiger partial charge in [-0.15, -0.1) is 0 Å². The van der Waals surface area contributed by atoms with E-state index in [2.05, 4.69) is 4.98 Å². The van der Waals surface area contributed by atoms with E-state index in [-0.39, 0.29) is 11.4 Å². The first-order valence-corrected chi connectivity index (χ1v) is 7.31. The molecular weight excluding hydrogens is 287 g/mol. The van der Waals surface area contributed by atoms with E-state index in [0.717, 1.165) is 10.5 Å². The van der Waals surface area contributed by atoms with Gasteiger partial charge in [-0.3, -0.25) is 9.93 Å². The van der Waals surface area contributed by atoms with Gasteiger partial charge in [0.1, 0.15) is 5.82 Å². The van der Waals surface area contributed by atoms with Crippen molar-refractivity contribution < 1.29 is 4.39 Å². The van der Waals surface area contributed by atoms with E-state index in [9.17, 15) is 9.18 Å². The van der Waals surface area contributed by atoms with Crippen LogP contribution in [0.3, 0.4) is 0 Å². The van der Waals surface area contributed by atoms with Crippen molar-refractivity contribution in [2.24, 2.45) is 5.14 Å². The Kier molecular flexibility index (Phi) is 3.77. The van der Waals surface area contributed by atoms with Gasteiger partial charge in [0.05, 0.1) is 0 Å². The second kappa shape index (κ2) is 5.71. The molecule has 0 fully saturated rings. The van der Waals surface area contributed by atoms with Gasteiger partial charge in [0, 0.05) is 27.8 Å². The molecule has 0 amide bonds. The standard InChI is InChI=1S/C16H13FN2OS/c17-13-4-5-15-11(9-13)8-12(16(20)19-15)6-10-2-1-3-14(7-10)21-18/h1-5,7-9H,6,18H2,(H,19,20). The SMILES string of the molecule is NSc1cccc(Cc2cc3cc(F)ccc3[nH]c2=O)c1. The summed E-state index contributed by atoms with van der Waals surface area (Å²) in [6.45, 7) is 0. The summed E-state index contributed by atoms with van der Waals surface area (Å²) in [5, 5.41) is 6.23. The lowest BCUT2D eigenvalue weighted by molar-refractivity contribution is 0.629. The van der Waals surface area contributed by atoms with Crippen molar-refractivity contribution >= 4 is 22.9 Å². The van der Waals surface area contributed by atoms with Gasteiger partial charge in [-0.05, 0) is 53.9 Å². The molecule has 3 N–H and O–H groups in total. The molecule has 0 saturated heterocycles. The van der Waals surface area contributed by atoms with Gasteiger partial charge >= 0.3 is 0 Å². The Morgan fingerprint density at radius 3 is 2.81 bits per heavy atom. The largest absolute Gasteiger partial charge is 0.322 e. The van der Waals surface area contributed by atoms with Crippen molar-refractivity contribution in [3.8, 4) is 0 Å². The molecule has 1 heterocycles. The minimum Gasteiger partial charge on any atom is -0.322 e. The molecule has 0 bridgehead atoms. The summed E-state index contributed by atoms with van der Waals surface area (Å²) in [6, 6.07) is 13.8. The van der Waals surface area contributed by atoms with E-state index < -0.39 is 0 Å². The van der Waals surface area contributed by atoms with Gasteiger partial charge in [-0.2, -0.15) is 0 Å². The molecule has 0 saturated carbocycles. The topological polar surface area (TPSA) is 58.9 Å². The van der Waals surface area contributed by atoms with E-state index >= 15 is 0 Å². The van der Waals surface area contributed by atoms with Crippen LogP contribution in [0, 0.1) is 5.82 Å². The predicted octanol–water partition coefficient (Wildman–Crippen LogP) is 3.22. The van der Waals surface area contributed by atoms with Crippen LogP contribution in [0.1, 0.15) is 11.1 Å². The molecule has 21 heavy (non-hydrogen) atoms. The third-order valence-electron chi connectivity index (χ3n) is 3.31. The Morgan fingerprint density at radius 1 is 1.14 bits per heavy atom. The fourth-order valence-electron chi connectivity index (χ4n) is 2.30. The number of nitrogens with one attached hydrogen (secondary N) is 1. The Labute approximate surface area is 125 Å². The second-order valence-electron chi connectivity index (χ2n) is 4.80. The van der Waals surface area contributed by atoms with E-state index in [1.54, 1.807) is 12.1 Å². The molecular formula is C16H13FN2OS. The number of aromatic nitrogens is 1. The molecule has 106 valence electrons. The molecule has 2 aromatic carbocycles. The summed E-state index contributed by atoms with van der Waals surface area (Å²) in [7, 11) is 0. The van der Waals surface area contributed by atoms with Crippen LogP contribution in [-0.2, 0) is 6.42 Å². The lowest BCUT2D eigenvalue weighted by atomic mass is 10.0. The minimum atomic E-state index is -0.318. The molecule has 0 atom stereocenters. The number of aromatic amines is 1. The molecule has 0 spiro atoms. The minimum absolute atomic E-state index is 0.153. The molecule has 5 heteroatoms. The van der Waals surface area contributed by atoms with Gasteiger partial charge in [-0.25, -0.2) is 4.39 Å². The first kappa shape index (κ1) is 13.9. The van der Waals surface area contributed by atoms with Gasteiger partial charge < -0.3 is 4.98 Å². The maximum atomic E-state index is 13.3. The Balaban J connectivity index is 2.03. The van der Waals surface area contributed by atoms with Crippen LogP contribution in [0.5, 0.6) is 0 Å². The number of rotatable bonds is 3. The Hall–Kier alpha value is -2.11. The average Bonchev–Trinajstić information content (AvgIpc) is 2.49. The summed E-state index contributed by atoms with van der Waals surface area (Å²) >= 11 is 1.17. The van der Waals surface area contributed by atoms with Crippen molar-refractivity contribution in [1.29, 1.82) is 0 Å². The molecule has 3 rings (SSSR count). The molecule has 0 aliphatic rings.